The lowest BCUT2D eigenvalue weighted by molar-refractivity contribution is -0.142. The third-order valence-electron chi connectivity index (χ3n) is 3.63. The van der Waals surface area contributed by atoms with Crippen LogP contribution in [0.15, 0.2) is 23.1 Å². The zero-order valence-electron chi connectivity index (χ0n) is 12.7. The number of nitrogens with one attached hydrogen (secondary N) is 1. The minimum Gasteiger partial charge on any atom is -0.481 e. The van der Waals surface area contributed by atoms with E-state index in [0.717, 1.165) is 11.1 Å². The predicted octanol–water partition coefficient (Wildman–Crippen LogP) is 1.74. The number of ether oxygens (including phenoxy) is 1. The Balaban J connectivity index is 2.09. The molecule has 22 heavy (non-hydrogen) atoms. The van der Waals surface area contributed by atoms with Crippen LogP contribution in [0.25, 0.3) is 0 Å². The highest BCUT2D eigenvalue weighted by atomic mass is 32.2. The van der Waals surface area contributed by atoms with Crippen LogP contribution in [0, 0.1) is 11.8 Å². The first-order valence-corrected chi connectivity index (χ1v) is 8.70. The van der Waals surface area contributed by atoms with Crippen molar-refractivity contribution >= 4 is 16.0 Å². The first kappa shape index (κ1) is 16.9. The molecule has 1 aromatic rings. The number of carboxylic acid groups (broad SMARTS) is 1. The molecule has 0 saturated heterocycles. The molecular weight excluding hydrogens is 306 g/mol. The van der Waals surface area contributed by atoms with Crippen molar-refractivity contribution in [2.75, 3.05) is 6.54 Å². The summed E-state index contributed by atoms with van der Waals surface area (Å²) in [5.41, 5.74) is 1.85. The number of sulfonamides is 1. The van der Waals surface area contributed by atoms with Crippen LogP contribution in [-0.4, -0.2) is 26.0 Å². The minimum atomic E-state index is -3.72. The van der Waals surface area contributed by atoms with Gasteiger partial charge in [-0.25, -0.2) is 13.1 Å². The molecule has 0 fully saturated rings. The Morgan fingerprint density at radius 3 is 2.64 bits per heavy atom. The van der Waals surface area contributed by atoms with E-state index in [1.807, 2.05) is 13.8 Å². The molecule has 2 N–H and O–H groups in total. The van der Waals surface area contributed by atoms with Crippen molar-refractivity contribution in [1.82, 2.24) is 4.72 Å². The molecule has 2 rings (SSSR count). The third kappa shape index (κ3) is 4.06. The largest absolute Gasteiger partial charge is 0.481 e. The molecule has 1 aliphatic rings. The fourth-order valence-corrected chi connectivity index (χ4v) is 3.58. The van der Waals surface area contributed by atoms with E-state index in [-0.39, 0.29) is 17.4 Å². The molecule has 1 heterocycles. The van der Waals surface area contributed by atoms with E-state index in [1.54, 1.807) is 12.1 Å². The number of benzene rings is 1. The number of aliphatic carboxylic acids is 1. The molecule has 1 atom stereocenters. The summed E-state index contributed by atoms with van der Waals surface area (Å²) in [5, 5.41) is 9.17. The molecule has 1 aliphatic heterocycles. The summed E-state index contributed by atoms with van der Waals surface area (Å²) < 4.78 is 32.3. The van der Waals surface area contributed by atoms with Gasteiger partial charge in [0.25, 0.3) is 0 Å². The molecule has 0 spiro atoms. The second-order valence-electron chi connectivity index (χ2n) is 5.94. The first-order valence-electron chi connectivity index (χ1n) is 7.21. The van der Waals surface area contributed by atoms with Crippen LogP contribution in [0.4, 0.5) is 0 Å². The molecule has 122 valence electrons. The Bertz CT molecular complexity index is 654. The van der Waals surface area contributed by atoms with Gasteiger partial charge < -0.3 is 9.84 Å². The molecule has 0 aromatic heterocycles. The third-order valence-corrected chi connectivity index (χ3v) is 5.05. The SMILES string of the molecule is CC(C)CC(CNS(=O)(=O)c1ccc2c(c1)COC2)C(=O)O. The Morgan fingerprint density at radius 2 is 2.00 bits per heavy atom. The highest BCUT2D eigenvalue weighted by Gasteiger charge is 2.23. The van der Waals surface area contributed by atoms with E-state index >= 15 is 0 Å². The van der Waals surface area contributed by atoms with Gasteiger partial charge >= 0.3 is 5.97 Å². The van der Waals surface area contributed by atoms with Gasteiger partial charge in [-0.2, -0.15) is 0 Å². The van der Waals surface area contributed by atoms with E-state index in [9.17, 15) is 13.2 Å². The Labute approximate surface area is 130 Å². The number of hydrogen-bond acceptors (Lipinski definition) is 4. The maximum atomic E-state index is 12.3. The van der Waals surface area contributed by atoms with Crippen molar-refractivity contribution in [3.8, 4) is 0 Å². The van der Waals surface area contributed by atoms with Crippen molar-refractivity contribution in [2.24, 2.45) is 11.8 Å². The molecule has 1 aromatic carbocycles. The van der Waals surface area contributed by atoms with Gasteiger partial charge in [0.05, 0.1) is 24.0 Å². The quantitative estimate of drug-likeness (QED) is 0.796. The lowest BCUT2D eigenvalue weighted by Gasteiger charge is -2.15. The van der Waals surface area contributed by atoms with E-state index in [4.69, 9.17) is 9.84 Å². The average Bonchev–Trinajstić information content (AvgIpc) is 2.90. The number of carboxylic acids is 1. The zero-order chi connectivity index (χ0) is 16.3. The first-order chi connectivity index (χ1) is 10.3. The second-order valence-corrected chi connectivity index (χ2v) is 7.71. The predicted molar refractivity (Wildman–Crippen MR) is 80.7 cm³/mol. The summed E-state index contributed by atoms with van der Waals surface area (Å²) in [5.74, 6) is -1.53. The van der Waals surface area contributed by atoms with Gasteiger partial charge in [0.1, 0.15) is 0 Å². The lowest BCUT2D eigenvalue weighted by atomic mass is 9.98. The monoisotopic (exact) mass is 327 g/mol. The smallest absolute Gasteiger partial charge is 0.307 e. The molecule has 0 aliphatic carbocycles. The summed E-state index contributed by atoms with van der Waals surface area (Å²) in [7, 11) is -3.72. The maximum absolute atomic E-state index is 12.3. The van der Waals surface area contributed by atoms with E-state index in [2.05, 4.69) is 4.72 Å². The molecule has 6 nitrogen and oxygen atoms in total. The van der Waals surface area contributed by atoms with Gasteiger partial charge in [-0.1, -0.05) is 19.9 Å². The topological polar surface area (TPSA) is 92.7 Å². The van der Waals surface area contributed by atoms with Crippen molar-refractivity contribution < 1.29 is 23.1 Å². The van der Waals surface area contributed by atoms with Crippen LogP contribution in [-0.2, 0) is 32.8 Å². The van der Waals surface area contributed by atoms with Gasteiger partial charge in [-0.3, -0.25) is 4.79 Å². The summed E-state index contributed by atoms with van der Waals surface area (Å²) >= 11 is 0. The average molecular weight is 327 g/mol. The lowest BCUT2D eigenvalue weighted by Crippen LogP contribution is -2.33. The van der Waals surface area contributed by atoms with Crippen molar-refractivity contribution in [1.29, 1.82) is 0 Å². The molecule has 0 amide bonds. The maximum Gasteiger partial charge on any atom is 0.307 e. The second kappa shape index (κ2) is 6.76. The number of carbonyl (C=O) groups is 1. The van der Waals surface area contributed by atoms with Crippen molar-refractivity contribution in [2.45, 2.75) is 38.4 Å². The molecule has 0 bridgehead atoms. The van der Waals surface area contributed by atoms with Gasteiger partial charge in [-0.05, 0) is 35.6 Å². The number of hydrogen-bond donors (Lipinski definition) is 2. The molecule has 0 radical (unpaired) electrons. The van der Waals surface area contributed by atoms with Crippen LogP contribution < -0.4 is 4.72 Å². The van der Waals surface area contributed by atoms with Crippen molar-refractivity contribution in [3.63, 3.8) is 0 Å². The molecule has 7 heteroatoms. The number of fused-ring (bicyclic) bond motifs is 1. The highest BCUT2D eigenvalue weighted by Crippen LogP contribution is 2.23. The van der Waals surface area contributed by atoms with Gasteiger partial charge in [-0.15, -0.1) is 0 Å². The molecule has 1 unspecified atom stereocenters. The van der Waals surface area contributed by atoms with E-state index < -0.39 is 21.9 Å². The summed E-state index contributed by atoms with van der Waals surface area (Å²) in [4.78, 5) is 11.3. The fourth-order valence-electron chi connectivity index (χ4n) is 2.45. The Kier molecular flexibility index (Phi) is 5.20. The molecule has 0 saturated carbocycles. The van der Waals surface area contributed by atoms with Gasteiger partial charge in [0.2, 0.25) is 10.0 Å². The highest BCUT2D eigenvalue weighted by molar-refractivity contribution is 7.89. The standard InChI is InChI=1S/C15H21NO5S/c1-10(2)5-12(15(17)18)7-16-22(19,20)14-4-3-11-8-21-9-13(11)6-14/h3-4,6,10,12,16H,5,7-9H2,1-2H3,(H,17,18). The number of rotatable bonds is 7. The van der Waals surface area contributed by atoms with Gasteiger partial charge in [0.15, 0.2) is 0 Å². The summed E-state index contributed by atoms with van der Waals surface area (Å²) in [6, 6.07) is 4.84. The Hall–Kier alpha value is -1.44. The summed E-state index contributed by atoms with van der Waals surface area (Å²) in [6.45, 7) is 4.61. The van der Waals surface area contributed by atoms with Crippen LogP contribution in [0.5, 0.6) is 0 Å². The van der Waals surface area contributed by atoms with Crippen LogP contribution in [0.2, 0.25) is 0 Å². The van der Waals surface area contributed by atoms with Crippen LogP contribution >= 0.6 is 0 Å². The molecular formula is C15H21NO5S. The van der Waals surface area contributed by atoms with Crippen LogP contribution in [0.1, 0.15) is 31.4 Å². The van der Waals surface area contributed by atoms with Crippen LogP contribution in [0.3, 0.4) is 0 Å². The summed E-state index contributed by atoms with van der Waals surface area (Å²) in [6.07, 6.45) is 0.426. The van der Waals surface area contributed by atoms with Gasteiger partial charge in [0, 0.05) is 6.54 Å². The zero-order valence-corrected chi connectivity index (χ0v) is 13.5. The van der Waals surface area contributed by atoms with E-state index in [1.165, 1.54) is 6.07 Å². The normalized spacial score (nSPS) is 15.8. The Morgan fingerprint density at radius 1 is 1.32 bits per heavy atom. The minimum absolute atomic E-state index is 0.108. The fraction of sp³-hybridized carbons (Fsp3) is 0.533. The van der Waals surface area contributed by atoms with E-state index in [0.29, 0.717) is 19.6 Å². The van der Waals surface area contributed by atoms with Crippen molar-refractivity contribution in [3.05, 3.63) is 29.3 Å².